The molecule has 0 unspecified atom stereocenters. The standard InChI is InChI=1S/C16H20N4O4/c1-2-5-20-14(21)11-13(17-16(20)23)18-6-8-19(9-7-18)15(22)12-4-3-10-24-12/h3-4,10-11H,2,5-9H2,1H3,(H,17,23). The summed E-state index contributed by atoms with van der Waals surface area (Å²) in [4.78, 5) is 42.7. The second-order valence-electron chi connectivity index (χ2n) is 5.71. The van der Waals surface area contributed by atoms with Gasteiger partial charge < -0.3 is 14.2 Å². The summed E-state index contributed by atoms with van der Waals surface area (Å²) in [7, 11) is 0. The lowest BCUT2D eigenvalue weighted by molar-refractivity contribution is 0.0714. The second kappa shape index (κ2) is 6.77. The van der Waals surface area contributed by atoms with Crippen molar-refractivity contribution in [1.29, 1.82) is 0 Å². The van der Waals surface area contributed by atoms with Gasteiger partial charge in [0.25, 0.3) is 11.5 Å². The Morgan fingerprint density at radius 3 is 2.58 bits per heavy atom. The first-order valence-corrected chi connectivity index (χ1v) is 8.02. The third kappa shape index (κ3) is 3.12. The number of hydrogen-bond acceptors (Lipinski definition) is 5. The molecule has 0 bridgehead atoms. The monoisotopic (exact) mass is 332 g/mol. The number of amides is 1. The predicted octanol–water partition coefficient (Wildman–Crippen LogP) is 0.502. The molecule has 2 aromatic rings. The van der Waals surface area contributed by atoms with Gasteiger partial charge >= 0.3 is 5.69 Å². The van der Waals surface area contributed by atoms with Gasteiger partial charge in [-0.25, -0.2) is 4.79 Å². The maximum Gasteiger partial charge on any atom is 0.329 e. The molecule has 1 aliphatic rings. The van der Waals surface area contributed by atoms with Crippen molar-refractivity contribution in [1.82, 2.24) is 14.5 Å². The molecule has 0 radical (unpaired) electrons. The number of piperazine rings is 1. The maximum absolute atomic E-state index is 12.2. The number of hydrogen-bond donors (Lipinski definition) is 1. The lowest BCUT2D eigenvalue weighted by Crippen LogP contribution is -2.50. The Labute approximate surface area is 138 Å². The molecule has 1 amide bonds. The Morgan fingerprint density at radius 1 is 1.25 bits per heavy atom. The Morgan fingerprint density at radius 2 is 2.00 bits per heavy atom. The number of aromatic amines is 1. The normalized spacial score (nSPS) is 14.9. The fourth-order valence-electron chi connectivity index (χ4n) is 2.82. The van der Waals surface area contributed by atoms with Gasteiger partial charge in [0.05, 0.1) is 6.26 Å². The van der Waals surface area contributed by atoms with Crippen LogP contribution in [0.15, 0.2) is 38.5 Å². The summed E-state index contributed by atoms with van der Waals surface area (Å²) >= 11 is 0. The number of H-pyrrole nitrogens is 1. The smallest absolute Gasteiger partial charge is 0.329 e. The number of carbonyl (C=O) groups is 1. The van der Waals surface area contributed by atoms with Crippen molar-refractivity contribution in [2.45, 2.75) is 19.9 Å². The molecule has 1 aliphatic heterocycles. The minimum atomic E-state index is -0.395. The molecule has 24 heavy (non-hydrogen) atoms. The predicted molar refractivity (Wildman–Crippen MR) is 88.4 cm³/mol. The zero-order chi connectivity index (χ0) is 17.1. The summed E-state index contributed by atoms with van der Waals surface area (Å²) in [6, 6.07) is 4.76. The van der Waals surface area contributed by atoms with Gasteiger partial charge in [0.2, 0.25) is 0 Å². The number of carbonyl (C=O) groups excluding carboxylic acids is 1. The van der Waals surface area contributed by atoms with Gasteiger partial charge in [0.15, 0.2) is 5.76 Å². The first-order chi connectivity index (χ1) is 11.6. The first kappa shape index (κ1) is 16.1. The van der Waals surface area contributed by atoms with Crippen LogP contribution in [0.2, 0.25) is 0 Å². The molecular formula is C16H20N4O4. The molecule has 1 N–H and O–H groups in total. The molecule has 0 aromatic carbocycles. The van der Waals surface area contributed by atoms with Crippen LogP contribution in [0.25, 0.3) is 0 Å². The van der Waals surface area contributed by atoms with Crippen molar-refractivity contribution >= 4 is 11.7 Å². The summed E-state index contributed by atoms with van der Waals surface area (Å²) in [5.74, 6) is 0.674. The van der Waals surface area contributed by atoms with Gasteiger partial charge in [-0.1, -0.05) is 6.92 Å². The van der Waals surface area contributed by atoms with Crippen LogP contribution in [-0.2, 0) is 6.54 Å². The van der Waals surface area contributed by atoms with E-state index in [9.17, 15) is 14.4 Å². The highest BCUT2D eigenvalue weighted by molar-refractivity contribution is 5.91. The number of aromatic nitrogens is 2. The van der Waals surface area contributed by atoms with Crippen LogP contribution < -0.4 is 16.1 Å². The van der Waals surface area contributed by atoms with E-state index < -0.39 is 5.69 Å². The van der Waals surface area contributed by atoms with E-state index in [4.69, 9.17) is 4.42 Å². The van der Waals surface area contributed by atoms with Crippen molar-refractivity contribution in [3.05, 3.63) is 51.1 Å². The molecule has 0 saturated carbocycles. The average molecular weight is 332 g/mol. The minimum absolute atomic E-state index is 0.147. The third-order valence-electron chi connectivity index (χ3n) is 4.09. The van der Waals surface area contributed by atoms with E-state index in [1.807, 2.05) is 11.8 Å². The highest BCUT2D eigenvalue weighted by Gasteiger charge is 2.24. The fourth-order valence-corrected chi connectivity index (χ4v) is 2.82. The number of furan rings is 1. The highest BCUT2D eigenvalue weighted by atomic mass is 16.3. The van der Waals surface area contributed by atoms with Gasteiger partial charge in [-0.3, -0.25) is 19.1 Å². The van der Waals surface area contributed by atoms with E-state index in [1.165, 1.54) is 16.9 Å². The molecule has 1 saturated heterocycles. The molecule has 8 heteroatoms. The minimum Gasteiger partial charge on any atom is -0.459 e. The molecular weight excluding hydrogens is 312 g/mol. The molecule has 1 fully saturated rings. The molecule has 0 atom stereocenters. The topological polar surface area (TPSA) is 91.6 Å². The number of nitrogens with zero attached hydrogens (tertiary/aromatic N) is 3. The van der Waals surface area contributed by atoms with Crippen LogP contribution in [0.5, 0.6) is 0 Å². The number of anilines is 1. The summed E-state index contributed by atoms with van der Waals surface area (Å²) in [6.07, 6.45) is 2.19. The molecule has 0 aliphatic carbocycles. The zero-order valence-electron chi connectivity index (χ0n) is 13.5. The van der Waals surface area contributed by atoms with Crippen molar-refractivity contribution in [3.63, 3.8) is 0 Å². The van der Waals surface area contributed by atoms with Crippen LogP contribution in [0, 0.1) is 0 Å². The summed E-state index contributed by atoms with van der Waals surface area (Å²) in [6.45, 7) is 4.40. The van der Waals surface area contributed by atoms with Gasteiger partial charge in [0, 0.05) is 38.8 Å². The van der Waals surface area contributed by atoms with E-state index in [-0.39, 0.29) is 11.5 Å². The summed E-state index contributed by atoms with van der Waals surface area (Å²) < 4.78 is 6.33. The summed E-state index contributed by atoms with van der Waals surface area (Å²) in [5.41, 5.74) is -0.696. The zero-order valence-corrected chi connectivity index (χ0v) is 13.5. The van der Waals surface area contributed by atoms with Crippen LogP contribution in [0.4, 0.5) is 5.82 Å². The number of nitrogens with one attached hydrogen (secondary N) is 1. The van der Waals surface area contributed by atoms with Crippen molar-refractivity contribution in [2.24, 2.45) is 0 Å². The quantitative estimate of drug-likeness (QED) is 0.880. The third-order valence-corrected chi connectivity index (χ3v) is 4.09. The molecule has 128 valence electrons. The van der Waals surface area contributed by atoms with Crippen molar-refractivity contribution in [3.8, 4) is 0 Å². The van der Waals surface area contributed by atoms with Crippen LogP contribution >= 0.6 is 0 Å². The van der Waals surface area contributed by atoms with E-state index in [1.54, 1.807) is 17.0 Å². The van der Waals surface area contributed by atoms with Crippen LogP contribution in [-0.4, -0.2) is 46.5 Å². The molecule has 2 aromatic heterocycles. The Hall–Kier alpha value is -2.77. The SMILES string of the molecule is CCCn1c(=O)cc(N2CCN(C(=O)c3ccco3)CC2)[nH]c1=O. The maximum atomic E-state index is 12.2. The molecule has 0 spiro atoms. The van der Waals surface area contributed by atoms with Gasteiger partial charge in [-0.15, -0.1) is 0 Å². The van der Waals surface area contributed by atoms with E-state index in [2.05, 4.69) is 4.98 Å². The fraction of sp³-hybridized carbons (Fsp3) is 0.438. The van der Waals surface area contributed by atoms with Gasteiger partial charge in [-0.05, 0) is 18.6 Å². The largest absolute Gasteiger partial charge is 0.459 e. The van der Waals surface area contributed by atoms with Gasteiger partial charge in [0.1, 0.15) is 5.82 Å². The van der Waals surface area contributed by atoms with Gasteiger partial charge in [-0.2, -0.15) is 0 Å². The molecule has 8 nitrogen and oxygen atoms in total. The summed E-state index contributed by atoms with van der Waals surface area (Å²) in [5, 5.41) is 0. The Bertz CT molecular complexity index is 782. The Balaban J connectivity index is 1.70. The lowest BCUT2D eigenvalue weighted by atomic mass is 10.3. The van der Waals surface area contributed by atoms with Crippen molar-refractivity contribution < 1.29 is 9.21 Å². The average Bonchev–Trinajstić information content (AvgIpc) is 3.12. The molecule has 3 rings (SSSR count). The van der Waals surface area contributed by atoms with E-state index >= 15 is 0 Å². The van der Waals surface area contributed by atoms with Crippen LogP contribution in [0.3, 0.4) is 0 Å². The number of rotatable bonds is 4. The highest BCUT2D eigenvalue weighted by Crippen LogP contribution is 2.13. The molecule has 3 heterocycles. The lowest BCUT2D eigenvalue weighted by Gasteiger charge is -2.35. The van der Waals surface area contributed by atoms with Crippen molar-refractivity contribution in [2.75, 3.05) is 31.1 Å². The Kier molecular flexibility index (Phi) is 4.54. The second-order valence-corrected chi connectivity index (χ2v) is 5.71. The van der Waals surface area contributed by atoms with E-state index in [0.29, 0.717) is 44.3 Å². The first-order valence-electron chi connectivity index (χ1n) is 8.02. The van der Waals surface area contributed by atoms with Crippen LogP contribution in [0.1, 0.15) is 23.9 Å². The van der Waals surface area contributed by atoms with E-state index in [0.717, 1.165) is 6.42 Å².